The van der Waals surface area contributed by atoms with E-state index in [2.05, 4.69) is 5.32 Å². The highest BCUT2D eigenvalue weighted by Crippen LogP contribution is 2.12. The van der Waals surface area contributed by atoms with Crippen molar-refractivity contribution in [1.82, 2.24) is 0 Å². The number of ether oxygens (including phenoxy) is 2. The first-order valence-electron chi connectivity index (χ1n) is 7.66. The van der Waals surface area contributed by atoms with Crippen LogP contribution in [0.25, 0.3) is 6.08 Å². The van der Waals surface area contributed by atoms with Crippen molar-refractivity contribution in [2.24, 2.45) is 5.73 Å². The molecule has 0 saturated heterocycles. The molecular weight excluding hydrogens is 336 g/mol. The Morgan fingerprint density at radius 2 is 1.69 bits per heavy atom. The average Bonchev–Trinajstić information content (AvgIpc) is 2.65. The van der Waals surface area contributed by atoms with Gasteiger partial charge in [0, 0.05) is 17.3 Å². The molecule has 3 N–H and O–H groups in total. The van der Waals surface area contributed by atoms with Gasteiger partial charge in [0.05, 0.1) is 7.11 Å². The number of carbonyl (C=O) groups excluding carboxylic acids is 3. The number of methoxy groups -OCH3 is 1. The standard InChI is InChI=1S/C19H18N2O5/c1-25-16-9-2-13(3-10-16)4-11-18(23)26-12-17(22)21-15-7-5-14(6-8-15)19(20)24/h2-11H,12H2,1H3,(H2,20,24)(H,21,22)/b11-4+. The molecule has 0 heterocycles. The van der Waals surface area contributed by atoms with Gasteiger partial charge in [-0.1, -0.05) is 12.1 Å². The Morgan fingerprint density at radius 3 is 2.27 bits per heavy atom. The Bertz CT molecular complexity index is 811. The fourth-order valence-electron chi connectivity index (χ4n) is 1.98. The number of carbonyl (C=O) groups is 3. The van der Waals surface area contributed by atoms with Crippen molar-refractivity contribution in [1.29, 1.82) is 0 Å². The van der Waals surface area contributed by atoms with E-state index in [1.54, 1.807) is 37.5 Å². The first kappa shape index (κ1) is 18.7. The van der Waals surface area contributed by atoms with Crippen molar-refractivity contribution in [2.45, 2.75) is 0 Å². The maximum atomic E-state index is 11.8. The number of anilines is 1. The van der Waals surface area contributed by atoms with Crippen LogP contribution in [0.3, 0.4) is 0 Å². The molecule has 0 saturated carbocycles. The molecule has 0 unspecified atom stereocenters. The number of amides is 2. The zero-order valence-electron chi connectivity index (χ0n) is 14.1. The van der Waals surface area contributed by atoms with E-state index in [0.717, 1.165) is 5.56 Å². The number of rotatable bonds is 7. The lowest BCUT2D eigenvalue weighted by atomic mass is 10.2. The van der Waals surface area contributed by atoms with Crippen molar-refractivity contribution in [3.63, 3.8) is 0 Å². The molecule has 0 aliphatic rings. The molecular formula is C19H18N2O5. The Hall–Kier alpha value is -3.61. The molecule has 0 bridgehead atoms. The topological polar surface area (TPSA) is 108 Å². The van der Waals surface area contributed by atoms with Crippen molar-refractivity contribution >= 4 is 29.5 Å². The highest BCUT2D eigenvalue weighted by atomic mass is 16.5. The van der Waals surface area contributed by atoms with Gasteiger partial charge in [0.2, 0.25) is 5.91 Å². The zero-order valence-corrected chi connectivity index (χ0v) is 14.1. The quantitative estimate of drug-likeness (QED) is 0.584. The highest BCUT2D eigenvalue weighted by molar-refractivity contribution is 5.96. The lowest BCUT2D eigenvalue weighted by molar-refractivity contribution is -0.142. The molecule has 2 aromatic rings. The monoisotopic (exact) mass is 354 g/mol. The van der Waals surface area contributed by atoms with Gasteiger partial charge < -0.3 is 20.5 Å². The SMILES string of the molecule is COc1ccc(/C=C/C(=O)OCC(=O)Nc2ccc(C(N)=O)cc2)cc1. The summed E-state index contributed by atoms with van der Waals surface area (Å²) in [6.07, 6.45) is 2.80. The molecule has 0 aromatic heterocycles. The molecule has 134 valence electrons. The molecule has 0 radical (unpaired) electrons. The van der Waals surface area contributed by atoms with Gasteiger partial charge >= 0.3 is 5.97 Å². The molecule has 0 spiro atoms. The number of hydrogen-bond donors (Lipinski definition) is 2. The van der Waals surface area contributed by atoms with Crippen LogP contribution in [0, 0.1) is 0 Å². The number of nitrogens with two attached hydrogens (primary N) is 1. The minimum Gasteiger partial charge on any atom is -0.497 e. The zero-order chi connectivity index (χ0) is 18.9. The van der Waals surface area contributed by atoms with Crippen molar-refractivity contribution in [3.05, 3.63) is 65.7 Å². The Morgan fingerprint density at radius 1 is 1.04 bits per heavy atom. The summed E-state index contributed by atoms with van der Waals surface area (Å²) in [7, 11) is 1.57. The third-order valence-electron chi connectivity index (χ3n) is 3.33. The van der Waals surface area contributed by atoms with Gasteiger partial charge in [-0.2, -0.15) is 0 Å². The van der Waals surface area contributed by atoms with Gasteiger partial charge in [-0.3, -0.25) is 9.59 Å². The highest BCUT2D eigenvalue weighted by Gasteiger charge is 2.06. The van der Waals surface area contributed by atoms with E-state index in [1.165, 1.54) is 30.3 Å². The minimum atomic E-state index is -0.639. The fourth-order valence-corrected chi connectivity index (χ4v) is 1.98. The predicted octanol–water partition coefficient (Wildman–Crippen LogP) is 1.99. The predicted molar refractivity (Wildman–Crippen MR) is 96.6 cm³/mol. The van der Waals surface area contributed by atoms with Crippen LogP contribution in [0.1, 0.15) is 15.9 Å². The summed E-state index contributed by atoms with van der Waals surface area (Å²) in [5.41, 5.74) is 6.72. The summed E-state index contributed by atoms with van der Waals surface area (Å²) in [6.45, 7) is -0.427. The molecule has 0 atom stereocenters. The van der Waals surface area contributed by atoms with E-state index < -0.39 is 24.4 Å². The van der Waals surface area contributed by atoms with Crippen LogP contribution in [-0.4, -0.2) is 31.5 Å². The molecule has 2 amide bonds. The summed E-state index contributed by atoms with van der Waals surface area (Å²) in [5, 5.41) is 2.54. The number of benzene rings is 2. The molecule has 7 heteroatoms. The largest absolute Gasteiger partial charge is 0.497 e. The van der Waals surface area contributed by atoms with E-state index >= 15 is 0 Å². The van der Waals surface area contributed by atoms with Crippen LogP contribution in [0.5, 0.6) is 5.75 Å². The molecule has 7 nitrogen and oxygen atoms in total. The third kappa shape index (κ3) is 5.79. The first-order valence-corrected chi connectivity index (χ1v) is 7.66. The van der Waals surface area contributed by atoms with E-state index in [0.29, 0.717) is 17.0 Å². The summed E-state index contributed by atoms with van der Waals surface area (Å²) in [5.74, 6) is -0.978. The molecule has 0 aliphatic carbocycles. The van der Waals surface area contributed by atoms with Gasteiger partial charge in [-0.15, -0.1) is 0 Å². The lowest BCUT2D eigenvalue weighted by Crippen LogP contribution is -2.20. The summed E-state index contributed by atoms with van der Waals surface area (Å²) in [4.78, 5) is 34.4. The molecule has 0 fully saturated rings. The molecule has 0 aliphatic heterocycles. The maximum absolute atomic E-state index is 11.8. The third-order valence-corrected chi connectivity index (χ3v) is 3.33. The van der Waals surface area contributed by atoms with E-state index in [-0.39, 0.29) is 0 Å². The van der Waals surface area contributed by atoms with Crippen LogP contribution in [0.4, 0.5) is 5.69 Å². The van der Waals surface area contributed by atoms with E-state index in [9.17, 15) is 14.4 Å². The average molecular weight is 354 g/mol. The van der Waals surface area contributed by atoms with E-state index in [4.69, 9.17) is 15.2 Å². The number of nitrogens with one attached hydrogen (secondary N) is 1. The van der Waals surface area contributed by atoms with Gasteiger partial charge in [0.25, 0.3) is 5.91 Å². The van der Waals surface area contributed by atoms with Gasteiger partial charge in [0.1, 0.15) is 5.75 Å². The molecule has 2 rings (SSSR count). The molecule has 26 heavy (non-hydrogen) atoms. The Balaban J connectivity index is 1.79. The van der Waals surface area contributed by atoms with Gasteiger partial charge in [0.15, 0.2) is 6.61 Å². The van der Waals surface area contributed by atoms with E-state index in [1.807, 2.05) is 0 Å². The number of hydrogen-bond acceptors (Lipinski definition) is 5. The minimum absolute atomic E-state index is 0.332. The van der Waals surface area contributed by atoms with Crippen molar-refractivity contribution in [2.75, 3.05) is 19.0 Å². The van der Waals surface area contributed by atoms with Crippen LogP contribution in [0.2, 0.25) is 0 Å². The Labute approximate surface area is 150 Å². The normalized spacial score (nSPS) is 10.3. The van der Waals surface area contributed by atoms with Gasteiger partial charge in [-0.25, -0.2) is 4.79 Å². The van der Waals surface area contributed by atoms with Crippen LogP contribution >= 0.6 is 0 Å². The second-order valence-electron chi connectivity index (χ2n) is 5.20. The molecule has 2 aromatic carbocycles. The maximum Gasteiger partial charge on any atom is 0.331 e. The van der Waals surface area contributed by atoms with Crippen molar-refractivity contribution in [3.8, 4) is 5.75 Å². The number of primary amides is 1. The van der Waals surface area contributed by atoms with Crippen LogP contribution in [0.15, 0.2) is 54.6 Å². The summed E-state index contributed by atoms with van der Waals surface area (Å²) >= 11 is 0. The first-order chi connectivity index (χ1) is 12.5. The van der Waals surface area contributed by atoms with Crippen LogP contribution < -0.4 is 15.8 Å². The summed E-state index contributed by atoms with van der Waals surface area (Å²) < 4.78 is 9.91. The lowest BCUT2D eigenvalue weighted by Gasteiger charge is -2.06. The summed E-state index contributed by atoms with van der Waals surface area (Å²) in [6, 6.07) is 13.1. The van der Waals surface area contributed by atoms with Crippen molar-refractivity contribution < 1.29 is 23.9 Å². The second kappa shape index (κ2) is 9.03. The number of esters is 1. The smallest absolute Gasteiger partial charge is 0.331 e. The Kier molecular flexibility index (Phi) is 6.50. The second-order valence-corrected chi connectivity index (χ2v) is 5.20. The fraction of sp³-hybridized carbons (Fsp3) is 0.105. The van der Waals surface area contributed by atoms with Gasteiger partial charge in [-0.05, 0) is 48.0 Å². The van der Waals surface area contributed by atoms with Crippen LogP contribution in [-0.2, 0) is 14.3 Å².